The summed E-state index contributed by atoms with van der Waals surface area (Å²) in [6, 6.07) is 6.49. The number of hydrogen-bond donors (Lipinski definition) is 4. The maximum absolute atomic E-state index is 10.6. The molecule has 0 bridgehead atoms. The Kier molecular flexibility index (Phi) is 4.98. The zero-order valence-electron chi connectivity index (χ0n) is 10.1. The monoisotopic (exact) mass is 251 g/mol. The van der Waals surface area contributed by atoms with Crippen LogP contribution in [0.1, 0.15) is 19.8 Å². The third-order valence-electron chi connectivity index (χ3n) is 2.36. The van der Waals surface area contributed by atoms with Crippen molar-refractivity contribution in [2.24, 2.45) is 5.73 Å². The fourth-order valence-electron chi connectivity index (χ4n) is 1.49. The van der Waals surface area contributed by atoms with E-state index in [9.17, 15) is 9.59 Å². The number of carbonyl (C=O) groups excluding carboxylic acids is 1. The molecule has 0 aromatic heterocycles. The molecule has 0 spiro atoms. The second kappa shape index (κ2) is 6.48. The van der Waals surface area contributed by atoms with E-state index in [0.717, 1.165) is 5.69 Å². The molecule has 1 rings (SSSR count). The molecule has 1 aromatic rings. The number of amides is 2. The lowest BCUT2D eigenvalue weighted by molar-refractivity contribution is -0.137. The van der Waals surface area contributed by atoms with E-state index in [1.54, 1.807) is 24.3 Å². The van der Waals surface area contributed by atoms with E-state index in [1.807, 2.05) is 6.92 Å². The van der Waals surface area contributed by atoms with Gasteiger partial charge in [-0.1, -0.05) is 0 Å². The molecule has 0 heterocycles. The Morgan fingerprint density at radius 2 is 1.83 bits per heavy atom. The molecule has 98 valence electrons. The minimum atomic E-state index is -0.801. The maximum atomic E-state index is 10.6. The second-order valence-corrected chi connectivity index (χ2v) is 4.04. The first-order valence-corrected chi connectivity index (χ1v) is 5.62. The highest BCUT2D eigenvalue weighted by molar-refractivity contribution is 5.87. The van der Waals surface area contributed by atoms with E-state index in [-0.39, 0.29) is 12.5 Å². The molecule has 5 N–H and O–H groups in total. The van der Waals surface area contributed by atoms with Gasteiger partial charge in [0.25, 0.3) is 0 Å². The van der Waals surface area contributed by atoms with E-state index in [0.29, 0.717) is 12.1 Å². The second-order valence-electron chi connectivity index (χ2n) is 4.04. The first-order chi connectivity index (χ1) is 8.47. The van der Waals surface area contributed by atoms with Crippen molar-refractivity contribution in [3.8, 4) is 0 Å². The number of primary amides is 1. The van der Waals surface area contributed by atoms with Crippen LogP contribution in [0.4, 0.5) is 16.2 Å². The number of rotatable bonds is 6. The van der Waals surface area contributed by atoms with E-state index < -0.39 is 12.0 Å². The van der Waals surface area contributed by atoms with E-state index in [1.165, 1.54) is 0 Å². The molecule has 0 aliphatic rings. The van der Waals surface area contributed by atoms with Crippen LogP contribution in [0.15, 0.2) is 24.3 Å². The standard InChI is InChI=1S/C12H17N3O3/c1-8(2-7-11(16)17)14-9-3-5-10(6-4-9)15-12(13)18/h3-6,8,14H,2,7H2,1H3,(H,16,17)(H3,13,15,18). The van der Waals surface area contributed by atoms with Crippen LogP contribution in [0.2, 0.25) is 0 Å². The molecule has 0 radical (unpaired) electrons. The van der Waals surface area contributed by atoms with Crippen molar-refractivity contribution in [2.45, 2.75) is 25.8 Å². The lowest BCUT2D eigenvalue weighted by Gasteiger charge is -2.14. The summed E-state index contributed by atoms with van der Waals surface area (Å²) in [5, 5.41) is 14.2. The van der Waals surface area contributed by atoms with E-state index in [4.69, 9.17) is 10.8 Å². The molecule has 6 heteroatoms. The smallest absolute Gasteiger partial charge is 0.316 e. The molecule has 0 aliphatic carbocycles. The number of aliphatic carboxylic acids is 1. The van der Waals surface area contributed by atoms with Gasteiger partial charge in [-0.15, -0.1) is 0 Å². The minimum Gasteiger partial charge on any atom is -0.481 e. The molecule has 2 amide bonds. The summed E-state index contributed by atoms with van der Waals surface area (Å²) in [5.41, 5.74) is 6.47. The van der Waals surface area contributed by atoms with Gasteiger partial charge in [0.15, 0.2) is 0 Å². The molecule has 1 aromatic carbocycles. The highest BCUT2D eigenvalue weighted by atomic mass is 16.4. The van der Waals surface area contributed by atoms with Crippen LogP contribution < -0.4 is 16.4 Å². The lowest BCUT2D eigenvalue weighted by Crippen LogP contribution is -2.19. The van der Waals surface area contributed by atoms with Gasteiger partial charge in [-0.3, -0.25) is 4.79 Å². The Hall–Kier alpha value is -2.24. The SMILES string of the molecule is CC(CCC(=O)O)Nc1ccc(NC(N)=O)cc1. The first kappa shape index (κ1) is 13.8. The normalized spacial score (nSPS) is 11.6. The average molecular weight is 251 g/mol. The van der Waals surface area contributed by atoms with Crippen molar-refractivity contribution in [1.82, 2.24) is 0 Å². The van der Waals surface area contributed by atoms with Gasteiger partial charge in [-0.05, 0) is 37.6 Å². The molecule has 1 unspecified atom stereocenters. The number of nitrogens with two attached hydrogens (primary N) is 1. The predicted molar refractivity (Wildman–Crippen MR) is 69.6 cm³/mol. The number of hydrogen-bond acceptors (Lipinski definition) is 3. The predicted octanol–water partition coefficient (Wildman–Crippen LogP) is 1.84. The first-order valence-electron chi connectivity index (χ1n) is 5.62. The molecule has 0 saturated carbocycles. The summed E-state index contributed by atoms with van der Waals surface area (Å²) in [6.45, 7) is 1.92. The Morgan fingerprint density at radius 3 is 2.33 bits per heavy atom. The molecule has 18 heavy (non-hydrogen) atoms. The fourth-order valence-corrected chi connectivity index (χ4v) is 1.49. The molecular weight excluding hydrogens is 234 g/mol. The lowest BCUT2D eigenvalue weighted by atomic mass is 10.1. The summed E-state index contributed by atoms with van der Waals surface area (Å²) in [6.07, 6.45) is 0.687. The van der Waals surface area contributed by atoms with Gasteiger partial charge in [-0.25, -0.2) is 4.79 Å². The summed E-state index contributed by atoms with van der Waals surface area (Å²) in [7, 11) is 0. The Bertz CT molecular complexity index is 417. The molecule has 6 nitrogen and oxygen atoms in total. The van der Waals surface area contributed by atoms with Crippen molar-refractivity contribution in [3.63, 3.8) is 0 Å². The van der Waals surface area contributed by atoms with Crippen molar-refractivity contribution in [3.05, 3.63) is 24.3 Å². The van der Waals surface area contributed by atoms with Crippen LogP contribution in [0, 0.1) is 0 Å². The summed E-state index contributed by atoms with van der Waals surface area (Å²) >= 11 is 0. The molecule has 1 atom stereocenters. The van der Waals surface area contributed by atoms with Gasteiger partial charge in [0, 0.05) is 23.8 Å². The van der Waals surface area contributed by atoms with Crippen LogP contribution >= 0.6 is 0 Å². The number of carboxylic acids is 1. The third-order valence-corrected chi connectivity index (χ3v) is 2.36. The maximum Gasteiger partial charge on any atom is 0.316 e. The zero-order chi connectivity index (χ0) is 13.5. The highest BCUT2D eigenvalue weighted by Crippen LogP contribution is 2.15. The van der Waals surface area contributed by atoms with Gasteiger partial charge in [0.2, 0.25) is 0 Å². The average Bonchev–Trinajstić information content (AvgIpc) is 2.28. The van der Waals surface area contributed by atoms with Crippen molar-refractivity contribution >= 4 is 23.4 Å². The van der Waals surface area contributed by atoms with Gasteiger partial charge in [0.05, 0.1) is 0 Å². The number of anilines is 2. The Morgan fingerprint density at radius 1 is 1.28 bits per heavy atom. The van der Waals surface area contributed by atoms with Crippen molar-refractivity contribution < 1.29 is 14.7 Å². The summed E-state index contributed by atoms with van der Waals surface area (Å²) < 4.78 is 0. The number of benzene rings is 1. The van der Waals surface area contributed by atoms with Crippen LogP contribution in [0.5, 0.6) is 0 Å². The molecular formula is C12H17N3O3. The van der Waals surface area contributed by atoms with E-state index >= 15 is 0 Å². The third kappa shape index (κ3) is 5.20. The highest BCUT2D eigenvalue weighted by Gasteiger charge is 2.05. The van der Waals surface area contributed by atoms with Crippen molar-refractivity contribution in [1.29, 1.82) is 0 Å². The van der Waals surface area contributed by atoms with Crippen LogP contribution in [-0.4, -0.2) is 23.1 Å². The summed E-state index contributed by atoms with van der Waals surface area (Å²) in [5.74, 6) is -0.801. The number of carboxylic acid groups (broad SMARTS) is 1. The topological polar surface area (TPSA) is 104 Å². The zero-order valence-corrected chi connectivity index (χ0v) is 10.1. The molecule has 0 saturated heterocycles. The van der Waals surface area contributed by atoms with Crippen LogP contribution in [0.3, 0.4) is 0 Å². The Balaban J connectivity index is 2.47. The number of nitrogens with one attached hydrogen (secondary N) is 2. The van der Waals surface area contributed by atoms with E-state index in [2.05, 4.69) is 10.6 Å². The Labute approximate surface area is 105 Å². The number of urea groups is 1. The van der Waals surface area contributed by atoms with Gasteiger partial charge < -0.3 is 21.5 Å². The molecule has 0 aliphatic heterocycles. The minimum absolute atomic E-state index is 0.0658. The quantitative estimate of drug-likeness (QED) is 0.619. The van der Waals surface area contributed by atoms with Gasteiger partial charge >= 0.3 is 12.0 Å². The van der Waals surface area contributed by atoms with Gasteiger partial charge in [0.1, 0.15) is 0 Å². The van der Waals surface area contributed by atoms with Crippen molar-refractivity contribution in [2.75, 3.05) is 10.6 Å². The van der Waals surface area contributed by atoms with Crippen LogP contribution in [0.25, 0.3) is 0 Å². The van der Waals surface area contributed by atoms with Gasteiger partial charge in [-0.2, -0.15) is 0 Å². The van der Waals surface area contributed by atoms with Crippen LogP contribution in [-0.2, 0) is 4.79 Å². The largest absolute Gasteiger partial charge is 0.481 e. The number of carbonyl (C=O) groups is 2. The molecule has 0 fully saturated rings. The summed E-state index contributed by atoms with van der Waals surface area (Å²) in [4.78, 5) is 21.0. The fraction of sp³-hybridized carbons (Fsp3) is 0.333.